The Morgan fingerprint density at radius 3 is 2.64 bits per heavy atom. The highest BCUT2D eigenvalue weighted by Gasteiger charge is 2.39. The van der Waals surface area contributed by atoms with E-state index >= 15 is 0 Å². The Kier molecular flexibility index (Phi) is 3.99. The fourth-order valence-corrected chi connectivity index (χ4v) is 4.57. The molecule has 1 aliphatic heterocycles. The van der Waals surface area contributed by atoms with Crippen LogP contribution >= 0.6 is 0 Å². The standard InChI is InChI=1S/C20H23N7O/c1-3-16-20-24-23-13(2)26(20)17-12-21-18(14-8-10-25(28)11-9-14)22-19(17)27(16)15-6-4-5-7-15/h8-12,15-16H,3-7H2,1-2H3/t16-/m1/s1. The van der Waals surface area contributed by atoms with Gasteiger partial charge in [0, 0.05) is 23.7 Å². The van der Waals surface area contributed by atoms with Crippen LogP contribution in [0.2, 0.25) is 0 Å². The number of aryl methyl sites for hydroxylation is 1. The second-order valence-corrected chi connectivity index (χ2v) is 7.56. The zero-order valence-electron chi connectivity index (χ0n) is 16.1. The van der Waals surface area contributed by atoms with Crippen LogP contribution in [0.1, 0.15) is 56.7 Å². The zero-order valence-corrected chi connectivity index (χ0v) is 16.1. The Bertz CT molecular complexity index is 1010. The molecule has 1 saturated carbocycles. The Labute approximate surface area is 163 Å². The molecule has 0 bridgehead atoms. The lowest BCUT2D eigenvalue weighted by atomic mass is 10.0. The Balaban J connectivity index is 1.70. The average molecular weight is 377 g/mol. The van der Waals surface area contributed by atoms with Gasteiger partial charge in [-0.25, -0.2) is 9.97 Å². The molecule has 4 heterocycles. The maximum absolute atomic E-state index is 11.4. The van der Waals surface area contributed by atoms with Gasteiger partial charge < -0.3 is 10.1 Å². The Morgan fingerprint density at radius 2 is 1.93 bits per heavy atom. The molecule has 0 aromatic carbocycles. The van der Waals surface area contributed by atoms with Crippen molar-refractivity contribution < 1.29 is 4.73 Å². The number of anilines is 1. The average Bonchev–Trinajstić information content (AvgIpc) is 3.37. The highest BCUT2D eigenvalue weighted by atomic mass is 16.5. The van der Waals surface area contributed by atoms with Crippen LogP contribution in [0.25, 0.3) is 17.1 Å². The van der Waals surface area contributed by atoms with E-state index in [1.807, 2.05) is 13.1 Å². The molecule has 1 aliphatic carbocycles. The lowest BCUT2D eigenvalue weighted by molar-refractivity contribution is -0.605. The second kappa shape index (κ2) is 6.54. The minimum absolute atomic E-state index is 0.152. The van der Waals surface area contributed by atoms with Crippen molar-refractivity contribution in [3.63, 3.8) is 0 Å². The van der Waals surface area contributed by atoms with Gasteiger partial charge >= 0.3 is 0 Å². The van der Waals surface area contributed by atoms with Crippen LogP contribution < -0.4 is 9.63 Å². The quantitative estimate of drug-likeness (QED) is 0.515. The van der Waals surface area contributed by atoms with E-state index in [0.717, 1.165) is 39.9 Å². The fourth-order valence-electron chi connectivity index (χ4n) is 4.57. The molecule has 5 rings (SSSR count). The molecule has 3 aromatic rings. The van der Waals surface area contributed by atoms with Gasteiger partial charge in [-0.2, -0.15) is 4.73 Å². The van der Waals surface area contributed by atoms with Crippen molar-refractivity contribution in [3.8, 4) is 17.1 Å². The van der Waals surface area contributed by atoms with Gasteiger partial charge in [0.25, 0.3) is 0 Å². The molecule has 0 amide bonds. The van der Waals surface area contributed by atoms with E-state index in [1.54, 1.807) is 12.1 Å². The van der Waals surface area contributed by atoms with Gasteiger partial charge in [0.05, 0.1) is 12.2 Å². The minimum Gasteiger partial charge on any atom is -0.619 e. The normalized spacial score (nSPS) is 18.9. The van der Waals surface area contributed by atoms with Gasteiger partial charge in [-0.3, -0.25) is 4.57 Å². The van der Waals surface area contributed by atoms with E-state index in [2.05, 4.69) is 31.6 Å². The summed E-state index contributed by atoms with van der Waals surface area (Å²) in [6.45, 7) is 4.16. The summed E-state index contributed by atoms with van der Waals surface area (Å²) in [6, 6.07) is 4.12. The van der Waals surface area contributed by atoms with Gasteiger partial charge in [0.2, 0.25) is 0 Å². The summed E-state index contributed by atoms with van der Waals surface area (Å²) in [6.07, 6.45) is 10.6. The van der Waals surface area contributed by atoms with Gasteiger partial charge in [0.15, 0.2) is 29.9 Å². The zero-order chi connectivity index (χ0) is 19.3. The highest BCUT2D eigenvalue weighted by Crippen LogP contribution is 2.43. The van der Waals surface area contributed by atoms with Gasteiger partial charge in [-0.1, -0.05) is 19.8 Å². The second-order valence-electron chi connectivity index (χ2n) is 7.56. The first kappa shape index (κ1) is 17.1. The minimum atomic E-state index is 0.152. The third kappa shape index (κ3) is 2.55. The molecular formula is C20H23N7O. The van der Waals surface area contributed by atoms with E-state index in [1.165, 1.54) is 38.1 Å². The lowest BCUT2D eigenvalue weighted by Gasteiger charge is -2.41. The SMILES string of the molecule is CC[C@@H]1c2nnc(C)n2-c2cnc(-c3cc[n+]([O-])cc3)nc2N1C1CCCC1. The first-order chi connectivity index (χ1) is 13.7. The van der Waals surface area contributed by atoms with Crippen molar-refractivity contribution in [1.82, 2.24) is 24.7 Å². The molecule has 0 saturated heterocycles. The van der Waals surface area contributed by atoms with Crippen molar-refractivity contribution in [2.24, 2.45) is 0 Å². The summed E-state index contributed by atoms with van der Waals surface area (Å²) in [7, 11) is 0. The van der Waals surface area contributed by atoms with Crippen molar-refractivity contribution in [1.29, 1.82) is 0 Å². The maximum Gasteiger partial charge on any atom is 0.181 e. The van der Waals surface area contributed by atoms with Crippen LogP contribution in [-0.4, -0.2) is 30.8 Å². The highest BCUT2D eigenvalue weighted by molar-refractivity contribution is 5.66. The van der Waals surface area contributed by atoms with E-state index in [-0.39, 0.29) is 6.04 Å². The molecule has 3 aromatic heterocycles. The molecule has 1 atom stereocenters. The number of hydrogen-bond acceptors (Lipinski definition) is 6. The summed E-state index contributed by atoms with van der Waals surface area (Å²) in [4.78, 5) is 12.0. The third-order valence-electron chi connectivity index (χ3n) is 5.88. The first-order valence-corrected chi connectivity index (χ1v) is 9.94. The Morgan fingerprint density at radius 1 is 1.18 bits per heavy atom. The molecule has 8 heteroatoms. The van der Waals surface area contributed by atoms with E-state index in [4.69, 9.17) is 4.98 Å². The van der Waals surface area contributed by atoms with Gasteiger partial charge in [-0.15, -0.1) is 10.2 Å². The molecule has 0 N–H and O–H groups in total. The number of rotatable bonds is 3. The smallest absolute Gasteiger partial charge is 0.181 e. The van der Waals surface area contributed by atoms with Gasteiger partial charge in [0.1, 0.15) is 11.5 Å². The van der Waals surface area contributed by atoms with Crippen LogP contribution in [0.5, 0.6) is 0 Å². The molecule has 1 fully saturated rings. The molecule has 8 nitrogen and oxygen atoms in total. The van der Waals surface area contributed by atoms with Crippen molar-refractivity contribution in [2.75, 3.05) is 4.90 Å². The summed E-state index contributed by atoms with van der Waals surface area (Å²) in [5.74, 6) is 3.40. The van der Waals surface area contributed by atoms with E-state index in [0.29, 0.717) is 11.9 Å². The topological polar surface area (TPSA) is 86.7 Å². The summed E-state index contributed by atoms with van der Waals surface area (Å²) >= 11 is 0. The molecule has 0 unspecified atom stereocenters. The molecule has 144 valence electrons. The molecule has 0 spiro atoms. The molecule has 0 radical (unpaired) electrons. The van der Waals surface area contributed by atoms with Crippen LogP contribution in [0, 0.1) is 12.1 Å². The number of fused-ring (bicyclic) bond motifs is 3. The van der Waals surface area contributed by atoms with Crippen LogP contribution in [-0.2, 0) is 0 Å². The van der Waals surface area contributed by atoms with E-state index < -0.39 is 0 Å². The van der Waals surface area contributed by atoms with Crippen molar-refractivity contribution in [3.05, 3.63) is 47.6 Å². The van der Waals surface area contributed by atoms with Crippen LogP contribution in [0.3, 0.4) is 0 Å². The third-order valence-corrected chi connectivity index (χ3v) is 5.88. The van der Waals surface area contributed by atoms with Crippen molar-refractivity contribution in [2.45, 2.75) is 58.0 Å². The fraction of sp³-hybridized carbons (Fsp3) is 0.450. The number of hydrogen-bond donors (Lipinski definition) is 0. The number of nitrogens with zero attached hydrogens (tertiary/aromatic N) is 7. The van der Waals surface area contributed by atoms with Crippen molar-refractivity contribution >= 4 is 5.82 Å². The monoisotopic (exact) mass is 377 g/mol. The predicted octanol–water partition coefficient (Wildman–Crippen LogP) is 2.88. The van der Waals surface area contributed by atoms with Crippen LogP contribution in [0.15, 0.2) is 30.7 Å². The summed E-state index contributed by atoms with van der Waals surface area (Å²) < 4.78 is 2.86. The van der Waals surface area contributed by atoms with Gasteiger partial charge in [-0.05, 0) is 26.2 Å². The summed E-state index contributed by atoms with van der Waals surface area (Å²) in [5.41, 5.74) is 1.77. The lowest BCUT2D eigenvalue weighted by Crippen LogP contribution is -2.42. The number of aromatic nitrogens is 6. The first-order valence-electron chi connectivity index (χ1n) is 9.94. The summed E-state index contributed by atoms with van der Waals surface area (Å²) in [5, 5.41) is 20.2. The maximum atomic E-state index is 11.4. The molecule has 28 heavy (non-hydrogen) atoms. The molecular weight excluding hydrogens is 354 g/mol. The van der Waals surface area contributed by atoms with Crippen LogP contribution in [0.4, 0.5) is 5.82 Å². The molecule has 2 aliphatic rings. The predicted molar refractivity (Wildman–Crippen MR) is 104 cm³/mol. The Hall–Kier alpha value is -3.03. The number of pyridine rings is 1. The van der Waals surface area contributed by atoms with E-state index in [9.17, 15) is 5.21 Å². The largest absolute Gasteiger partial charge is 0.619 e.